The highest BCUT2D eigenvalue weighted by atomic mass is 35.5. The lowest BCUT2D eigenvalue weighted by Gasteiger charge is -2.51. The lowest BCUT2D eigenvalue weighted by atomic mass is 9.70. The van der Waals surface area contributed by atoms with Gasteiger partial charge in [0.2, 0.25) is 5.91 Å². The highest BCUT2D eigenvalue weighted by molar-refractivity contribution is 8.00. The number of carbonyl (C=O) groups excluding carboxylic acids is 1. The molecule has 130 valence electrons. The summed E-state index contributed by atoms with van der Waals surface area (Å²) in [6, 6.07) is 8.27. The third-order valence-electron chi connectivity index (χ3n) is 5.42. The maximum Gasteiger partial charge on any atom is 0.230 e. The van der Waals surface area contributed by atoms with Crippen LogP contribution in [0.1, 0.15) is 19.3 Å². The predicted octanol–water partition coefficient (Wildman–Crippen LogP) is 2.80. The van der Waals surface area contributed by atoms with Crippen LogP contribution in [0.15, 0.2) is 29.2 Å². The summed E-state index contributed by atoms with van der Waals surface area (Å²) in [4.78, 5) is 16.0. The van der Waals surface area contributed by atoms with E-state index in [0.717, 1.165) is 36.0 Å². The largest absolute Gasteiger partial charge is 0.376 e. The summed E-state index contributed by atoms with van der Waals surface area (Å²) in [5.74, 6) is 1.07. The normalized spacial score (nSPS) is 32.4. The number of amides is 1. The van der Waals surface area contributed by atoms with E-state index in [1.165, 1.54) is 12.8 Å². The smallest absolute Gasteiger partial charge is 0.230 e. The molecule has 2 heterocycles. The second-order valence-corrected chi connectivity index (χ2v) is 8.34. The van der Waals surface area contributed by atoms with Crippen LogP contribution in [0.3, 0.4) is 0 Å². The van der Waals surface area contributed by atoms with Gasteiger partial charge in [0.05, 0.1) is 23.9 Å². The summed E-state index contributed by atoms with van der Waals surface area (Å²) in [5.41, 5.74) is 0. The van der Waals surface area contributed by atoms with E-state index in [9.17, 15) is 4.79 Å². The molecule has 2 aliphatic heterocycles. The fourth-order valence-corrected chi connectivity index (χ4v) is 5.09. The molecule has 1 aromatic rings. The summed E-state index contributed by atoms with van der Waals surface area (Å²) < 4.78 is 5.92. The van der Waals surface area contributed by atoms with Crippen molar-refractivity contribution in [3.05, 3.63) is 29.3 Å². The Bertz CT molecular complexity index is 586. The number of carbonyl (C=O) groups is 1. The molecule has 4 nitrogen and oxygen atoms in total. The van der Waals surface area contributed by atoms with Gasteiger partial charge in [-0.1, -0.05) is 11.6 Å². The maximum atomic E-state index is 12.4. The minimum Gasteiger partial charge on any atom is -0.376 e. The molecule has 0 radical (unpaired) electrons. The number of nitrogens with one attached hydrogen (secondary N) is 1. The molecule has 4 atom stereocenters. The number of hydrogen-bond donors (Lipinski definition) is 1. The minimum absolute atomic E-state index is 0.120. The van der Waals surface area contributed by atoms with Gasteiger partial charge >= 0.3 is 0 Å². The number of likely N-dealkylation sites (tertiary alicyclic amines) is 1. The van der Waals surface area contributed by atoms with Crippen molar-refractivity contribution in [1.82, 2.24) is 10.2 Å². The molecule has 0 aromatic heterocycles. The molecule has 1 amide bonds. The molecule has 24 heavy (non-hydrogen) atoms. The third kappa shape index (κ3) is 3.32. The van der Waals surface area contributed by atoms with E-state index in [0.29, 0.717) is 23.8 Å². The molecule has 3 aliphatic rings. The quantitative estimate of drug-likeness (QED) is 0.814. The lowest BCUT2D eigenvalue weighted by molar-refractivity contribution is -0.126. The Hall–Kier alpha value is -0.750. The van der Waals surface area contributed by atoms with Gasteiger partial charge in [-0.3, -0.25) is 9.69 Å². The molecule has 1 aromatic carbocycles. The van der Waals surface area contributed by atoms with Gasteiger partial charge in [0.15, 0.2) is 0 Å². The van der Waals surface area contributed by atoms with Crippen LogP contribution in [-0.2, 0) is 9.53 Å². The van der Waals surface area contributed by atoms with Gasteiger partial charge in [-0.25, -0.2) is 0 Å². The van der Waals surface area contributed by atoms with Gasteiger partial charge in [-0.2, -0.15) is 0 Å². The number of fused-ring (bicyclic) bond motifs is 1. The summed E-state index contributed by atoms with van der Waals surface area (Å²) in [5, 5.41) is 4.01. The number of hydrogen-bond acceptors (Lipinski definition) is 4. The van der Waals surface area contributed by atoms with Crippen molar-refractivity contribution in [2.75, 3.05) is 25.4 Å². The van der Waals surface area contributed by atoms with Crippen LogP contribution >= 0.6 is 23.4 Å². The molecule has 1 aliphatic carbocycles. The molecular formula is C18H23ClN2O2S. The van der Waals surface area contributed by atoms with Crippen molar-refractivity contribution in [1.29, 1.82) is 0 Å². The first-order chi connectivity index (χ1) is 11.7. The van der Waals surface area contributed by atoms with Gasteiger partial charge in [0.1, 0.15) is 0 Å². The standard InChI is InChI=1S/C18H23ClN2O2S/c19-12-3-5-13(6-4-12)24-11-15(22)20-16-14-7-10-23-18(14)17(16)21-8-1-2-9-21/h3-6,14,16-18H,1-2,7-11H2,(H,20,22)/t14-,16+,17-,18-/m1/s1. The average Bonchev–Trinajstić information content (AvgIpc) is 3.23. The zero-order chi connectivity index (χ0) is 16.5. The van der Waals surface area contributed by atoms with Gasteiger partial charge in [0, 0.05) is 22.4 Å². The molecule has 3 fully saturated rings. The van der Waals surface area contributed by atoms with E-state index < -0.39 is 0 Å². The predicted molar refractivity (Wildman–Crippen MR) is 96.5 cm³/mol. The second kappa shape index (κ2) is 7.24. The van der Waals surface area contributed by atoms with Crippen molar-refractivity contribution < 1.29 is 9.53 Å². The van der Waals surface area contributed by atoms with Crippen LogP contribution in [0, 0.1) is 5.92 Å². The number of halogens is 1. The maximum absolute atomic E-state index is 12.4. The number of benzene rings is 1. The van der Waals surface area contributed by atoms with Crippen LogP contribution in [0.5, 0.6) is 0 Å². The number of nitrogens with zero attached hydrogens (tertiary/aromatic N) is 1. The molecule has 2 saturated heterocycles. The van der Waals surface area contributed by atoms with E-state index in [-0.39, 0.29) is 11.9 Å². The van der Waals surface area contributed by atoms with Crippen LogP contribution in [-0.4, -0.2) is 54.4 Å². The summed E-state index contributed by atoms with van der Waals surface area (Å²) in [6.07, 6.45) is 3.93. The number of thioether (sulfide) groups is 1. The molecule has 0 unspecified atom stereocenters. The first-order valence-corrected chi connectivity index (χ1v) is 10.1. The van der Waals surface area contributed by atoms with E-state index in [1.807, 2.05) is 24.3 Å². The average molecular weight is 367 g/mol. The second-order valence-electron chi connectivity index (χ2n) is 6.86. The van der Waals surface area contributed by atoms with Gasteiger partial charge in [-0.05, 0) is 56.6 Å². The lowest BCUT2D eigenvalue weighted by Crippen LogP contribution is -2.70. The highest BCUT2D eigenvalue weighted by Gasteiger charge is 2.56. The van der Waals surface area contributed by atoms with E-state index in [1.54, 1.807) is 11.8 Å². The minimum atomic E-state index is 0.120. The van der Waals surface area contributed by atoms with Gasteiger partial charge in [0.25, 0.3) is 0 Å². The fourth-order valence-electron chi connectivity index (χ4n) is 4.25. The van der Waals surface area contributed by atoms with Crippen LogP contribution in [0.25, 0.3) is 0 Å². The Balaban J connectivity index is 1.33. The molecular weight excluding hydrogens is 344 g/mol. The van der Waals surface area contributed by atoms with Crippen molar-refractivity contribution >= 4 is 29.3 Å². The Kier molecular flexibility index (Phi) is 5.04. The summed E-state index contributed by atoms with van der Waals surface area (Å²) in [7, 11) is 0. The van der Waals surface area contributed by atoms with Gasteiger partial charge < -0.3 is 10.1 Å². The molecule has 6 heteroatoms. The zero-order valence-electron chi connectivity index (χ0n) is 13.6. The van der Waals surface area contributed by atoms with E-state index >= 15 is 0 Å². The Morgan fingerprint density at radius 3 is 2.79 bits per heavy atom. The Morgan fingerprint density at radius 2 is 2.04 bits per heavy atom. The molecule has 1 saturated carbocycles. The number of rotatable bonds is 5. The SMILES string of the molecule is O=C(CSc1ccc(Cl)cc1)N[C@H]1[C@H]2CCO[C@H]2[C@@H]1N1CCCC1. The first kappa shape index (κ1) is 16.7. The van der Waals surface area contributed by atoms with E-state index in [4.69, 9.17) is 16.3 Å². The van der Waals surface area contributed by atoms with Gasteiger partial charge in [-0.15, -0.1) is 11.8 Å². The van der Waals surface area contributed by atoms with Crippen molar-refractivity contribution in [3.8, 4) is 0 Å². The molecule has 4 rings (SSSR count). The third-order valence-corrected chi connectivity index (χ3v) is 6.69. The van der Waals surface area contributed by atoms with Crippen molar-refractivity contribution in [2.45, 2.75) is 42.3 Å². The topological polar surface area (TPSA) is 41.6 Å². The highest BCUT2D eigenvalue weighted by Crippen LogP contribution is 2.42. The molecule has 0 bridgehead atoms. The number of ether oxygens (including phenoxy) is 1. The van der Waals surface area contributed by atoms with Crippen molar-refractivity contribution in [3.63, 3.8) is 0 Å². The summed E-state index contributed by atoms with van der Waals surface area (Å²) in [6.45, 7) is 3.12. The summed E-state index contributed by atoms with van der Waals surface area (Å²) >= 11 is 7.45. The van der Waals surface area contributed by atoms with Crippen molar-refractivity contribution in [2.24, 2.45) is 5.92 Å². The van der Waals surface area contributed by atoms with Crippen LogP contribution < -0.4 is 5.32 Å². The Labute approximate surface area is 152 Å². The Morgan fingerprint density at radius 1 is 1.29 bits per heavy atom. The first-order valence-electron chi connectivity index (χ1n) is 8.76. The fraction of sp³-hybridized carbons (Fsp3) is 0.611. The molecule has 0 spiro atoms. The zero-order valence-corrected chi connectivity index (χ0v) is 15.2. The van der Waals surface area contributed by atoms with Crippen LogP contribution in [0.2, 0.25) is 5.02 Å². The molecule has 1 N–H and O–H groups in total. The van der Waals surface area contributed by atoms with Crippen LogP contribution in [0.4, 0.5) is 0 Å². The van der Waals surface area contributed by atoms with E-state index in [2.05, 4.69) is 10.2 Å². The monoisotopic (exact) mass is 366 g/mol.